The number of halogens is 2. The zero-order valence-electron chi connectivity index (χ0n) is 30.8. The van der Waals surface area contributed by atoms with Gasteiger partial charge in [0.05, 0.1) is 36.4 Å². The van der Waals surface area contributed by atoms with Crippen LogP contribution in [0.25, 0.3) is 11.1 Å². The molecule has 4 aromatic rings. The summed E-state index contributed by atoms with van der Waals surface area (Å²) < 4.78 is 24.3. The van der Waals surface area contributed by atoms with Crippen molar-refractivity contribution in [1.29, 1.82) is 0 Å². The highest BCUT2D eigenvalue weighted by Crippen LogP contribution is 2.35. The van der Waals surface area contributed by atoms with E-state index in [-0.39, 0.29) is 38.1 Å². The van der Waals surface area contributed by atoms with E-state index in [2.05, 4.69) is 52.5 Å². The first-order chi connectivity index (χ1) is 25.6. The van der Waals surface area contributed by atoms with Gasteiger partial charge in [-0.15, -0.1) is 0 Å². The number of hydrogen-bond acceptors (Lipinski definition) is 12. The molecule has 2 aromatic carbocycles. The monoisotopic (exact) mass is 874 g/mol. The lowest BCUT2D eigenvalue weighted by molar-refractivity contribution is -0.146. The summed E-state index contributed by atoms with van der Waals surface area (Å²) in [7, 11) is 2.92. The second-order valence-electron chi connectivity index (χ2n) is 12.9. The van der Waals surface area contributed by atoms with Gasteiger partial charge in [-0.1, -0.05) is 36.4 Å². The summed E-state index contributed by atoms with van der Waals surface area (Å²) in [6, 6.07) is 15.5. The summed E-state index contributed by atoms with van der Waals surface area (Å²) in [6.07, 6.45) is 0. The number of aliphatic hydroxyl groups excluding tert-OH is 2. The van der Waals surface area contributed by atoms with Crippen molar-refractivity contribution in [2.75, 3.05) is 27.4 Å². The molecule has 0 aliphatic heterocycles. The molecule has 0 aliphatic carbocycles. The molecular formula is C38H44Br2N4O10. The standard InChI is InChI=1S/C38H44Br2N4O10/c1-21-23(17-53-33-29(39)13-25(31(43-33)51-5)15-41-37(3,19-45)35(47)48)9-7-11-27(21)28-12-8-10-24(22(28)2)18-54-34-30(40)14-26(32(44-34)52-6)16-42-38(4,20-46)36(49)50/h7-14,41-42,45-46H,15-20H2,1-6H3,(H,47,48)(H,49,50)/t37-,38-/m1/s1. The van der Waals surface area contributed by atoms with E-state index in [4.69, 9.17) is 18.9 Å². The molecule has 0 bridgehead atoms. The number of aliphatic carboxylic acids is 2. The number of hydrogen-bond donors (Lipinski definition) is 6. The minimum absolute atomic E-state index is 0.0802. The zero-order chi connectivity index (χ0) is 39.8. The second-order valence-corrected chi connectivity index (χ2v) is 14.7. The predicted molar refractivity (Wildman–Crippen MR) is 207 cm³/mol. The van der Waals surface area contributed by atoms with E-state index >= 15 is 0 Å². The highest BCUT2D eigenvalue weighted by molar-refractivity contribution is 9.10. The summed E-state index contributed by atoms with van der Waals surface area (Å²) in [5.74, 6) is -1.27. The Kier molecular flexibility index (Phi) is 14.4. The van der Waals surface area contributed by atoms with Gasteiger partial charge in [-0.05, 0) is 105 Å². The van der Waals surface area contributed by atoms with Crippen LogP contribution in [0.3, 0.4) is 0 Å². The number of rotatable bonds is 19. The van der Waals surface area contributed by atoms with E-state index in [0.29, 0.717) is 31.8 Å². The van der Waals surface area contributed by atoms with Crippen LogP contribution in [0.5, 0.6) is 23.5 Å². The van der Waals surface area contributed by atoms with Crippen LogP contribution < -0.4 is 29.6 Å². The number of carboxylic acids is 2. The number of aliphatic hydroxyl groups is 2. The van der Waals surface area contributed by atoms with Gasteiger partial charge in [-0.25, -0.2) is 0 Å². The lowest BCUT2D eigenvalue weighted by Crippen LogP contribution is -2.52. The maximum Gasteiger partial charge on any atom is 0.326 e. The van der Waals surface area contributed by atoms with Crippen molar-refractivity contribution < 1.29 is 49.0 Å². The van der Waals surface area contributed by atoms with Gasteiger partial charge in [0.25, 0.3) is 0 Å². The number of benzene rings is 2. The van der Waals surface area contributed by atoms with E-state index < -0.39 is 36.2 Å². The van der Waals surface area contributed by atoms with Crippen LogP contribution in [0.1, 0.15) is 47.2 Å². The van der Waals surface area contributed by atoms with E-state index in [1.54, 1.807) is 12.1 Å². The Morgan fingerprint density at radius 1 is 0.667 bits per heavy atom. The third kappa shape index (κ3) is 9.67. The van der Waals surface area contributed by atoms with Gasteiger partial charge in [-0.2, -0.15) is 9.97 Å². The Morgan fingerprint density at radius 2 is 1.04 bits per heavy atom. The Hall–Kier alpha value is -4.32. The quantitative estimate of drug-likeness (QED) is 0.0708. The number of ether oxygens (including phenoxy) is 4. The number of methoxy groups -OCH3 is 2. The summed E-state index contributed by atoms with van der Waals surface area (Å²) in [5.41, 5.74) is 4.00. The molecule has 0 unspecified atom stereocenters. The number of nitrogens with one attached hydrogen (secondary N) is 2. The molecule has 54 heavy (non-hydrogen) atoms. The maximum absolute atomic E-state index is 11.6. The molecule has 2 heterocycles. The average molecular weight is 877 g/mol. The smallest absolute Gasteiger partial charge is 0.326 e. The van der Waals surface area contributed by atoms with Crippen molar-refractivity contribution in [1.82, 2.24) is 20.6 Å². The molecule has 16 heteroatoms. The molecular weight excluding hydrogens is 832 g/mol. The minimum atomic E-state index is -1.54. The van der Waals surface area contributed by atoms with Crippen molar-refractivity contribution >= 4 is 43.8 Å². The average Bonchev–Trinajstić information content (AvgIpc) is 3.15. The molecule has 6 N–H and O–H groups in total. The third-order valence-corrected chi connectivity index (χ3v) is 10.3. The molecule has 0 saturated heterocycles. The van der Waals surface area contributed by atoms with E-state index in [1.807, 2.05) is 50.2 Å². The molecule has 0 radical (unpaired) electrons. The Labute approximate surface area is 330 Å². The Bertz CT molecular complexity index is 1860. The lowest BCUT2D eigenvalue weighted by Gasteiger charge is -2.24. The first kappa shape index (κ1) is 42.4. The fraction of sp³-hybridized carbons (Fsp3) is 0.368. The van der Waals surface area contributed by atoms with Gasteiger partial charge >= 0.3 is 11.9 Å². The molecule has 4 rings (SSSR count). The Morgan fingerprint density at radius 3 is 1.35 bits per heavy atom. The largest absolute Gasteiger partial charge is 0.481 e. The number of nitrogens with zero attached hydrogens (tertiary/aromatic N) is 2. The van der Waals surface area contributed by atoms with Gasteiger partial charge < -0.3 is 39.4 Å². The minimum Gasteiger partial charge on any atom is -0.481 e. The van der Waals surface area contributed by atoms with Gasteiger partial charge in [-0.3, -0.25) is 20.2 Å². The third-order valence-electron chi connectivity index (χ3n) is 9.18. The molecule has 0 saturated carbocycles. The summed E-state index contributed by atoms with van der Waals surface area (Å²) >= 11 is 7.03. The number of carboxylic acid groups (broad SMARTS) is 2. The maximum atomic E-state index is 11.6. The first-order valence-corrected chi connectivity index (χ1v) is 18.3. The van der Waals surface area contributed by atoms with Crippen LogP contribution in [0.4, 0.5) is 0 Å². The number of carbonyl (C=O) groups is 2. The molecule has 0 fully saturated rings. The highest BCUT2D eigenvalue weighted by atomic mass is 79.9. The van der Waals surface area contributed by atoms with Crippen molar-refractivity contribution in [2.45, 2.75) is 65.1 Å². The van der Waals surface area contributed by atoms with Crippen molar-refractivity contribution in [2.24, 2.45) is 0 Å². The van der Waals surface area contributed by atoms with Crippen LogP contribution in [-0.2, 0) is 35.9 Å². The molecule has 0 aliphatic rings. The first-order valence-electron chi connectivity index (χ1n) is 16.7. The molecule has 290 valence electrons. The van der Waals surface area contributed by atoms with Gasteiger partial charge in [0.1, 0.15) is 24.3 Å². The molecule has 0 spiro atoms. The fourth-order valence-corrected chi connectivity index (χ4v) is 6.29. The number of aromatic nitrogens is 2. The molecule has 2 atom stereocenters. The normalized spacial score (nSPS) is 13.4. The predicted octanol–water partition coefficient (Wildman–Crippen LogP) is 5.31. The Balaban J connectivity index is 1.50. The van der Waals surface area contributed by atoms with E-state index in [0.717, 1.165) is 33.4 Å². The lowest BCUT2D eigenvalue weighted by atomic mass is 9.92. The topological polar surface area (TPSA) is 202 Å². The summed E-state index contributed by atoms with van der Waals surface area (Å²) in [4.78, 5) is 32.2. The summed E-state index contributed by atoms with van der Waals surface area (Å²) in [6.45, 7) is 6.22. The molecule has 0 amide bonds. The molecule has 2 aromatic heterocycles. The van der Waals surface area contributed by atoms with E-state index in [1.165, 1.54) is 28.1 Å². The fourth-order valence-electron chi connectivity index (χ4n) is 5.33. The van der Waals surface area contributed by atoms with E-state index in [9.17, 15) is 30.0 Å². The summed E-state index contributed by atoms with van der Waals surface area (Å²) in [5, 5.41) is 43.8. The van der Waals surface area contributed by atoms with Crippen LogP contribution in [0, 0.1) is 13.8 Å². The number of pyridine rings is 2. The van der Waals surface area contributed by atoms with Gasteiger partial charge in [0, 0.05) is 24.2 Å². The van der Waals surface area contributed by atoms with Gasteiger partial charge in [0.15, 0.2) is 0 Å². The van der Waals surface area contributed by atoms with Gasteiger partial charge in [0.2, 0.25) is 23.5 Å². The SMILES string of the molecule is COc1nc(OCc2cccc(-c3cccc(COc4nc(OC)c(CN[C@](C)(CO)C(=O)O)cc4Br)c3C)c2C)c(Br)cc1CN[C@](C)(CO)C(=O)O. The second kappa shape index (κ2) is 18.3. The van der Waals surface area contributed by atoms with Crippen molar-refractivity contribution in [3.05, 3.63) is 90.9 Å². The zero-order valence-corrected chi connectivity index (χ0v) is 33.9. The van der Waals surface area contributed by atoms with Crippen LogP contribution >= 0.6 is 31.9 Å². The van der Waals surface area contributed by atoms with Crippen molar-refractivity contribution in [3.63, 3.8) is 0 Å². The molecule has 14 nitrogen and oxygen atoms in total. The van der Waals surface area contributed by atoms with Crippen LogP contribution in [0.15, 0.2) is 57.5 Å². The van der Waals surface area contributed by atoms with Crippen LogP contribution in [0.2, 0.25) is 0 Å². The van der Waals surface area contributed by atoms with Crippen LogP contribution in [-0.4, -0.2) is 80.8 Å². The highest BCUT2D eigenvalue weighted by Gasteiger charge is 2.33. The van der Waals surface area contributed by atoms with Crippen molar-refractivity contribution in [3.8, 4) is 34.6 Å².